The molecule has 0 fully saturated rings. The van der Waals surface area contributed by atoms with Gasteiger partial charge < -0.3 is 15.0 Å². The number of ether oxygens (including phenoxy) is 1. The van der Waals surface area contributed by atoms with Crippen LogP contribution in [0, 0.1) is 6.92 Å². The molecule has 0 atom stereocenters. The van der Waals surface area contributed by atoms with Gasteiger partial charge in [0.25, 0.3) is 0 Å². The van der Waals surface area contributed by atoms with Crippen LogP contribution in [0.1, 0.15) is 18.9 Å². The van der Waals surface area contributed by atoms with Crippen LogP contribution in [0.5, 0.6) is 5.75 Å². The van der Waals surface area contributed by atoms with Gasteiger partial charge in [0, 0.05) is 13.6 Å². The minimum absolute atomic E-state index is 0. The molecule has 8 heteroatoms. The van der Waals surface area contributed by atoms with Crippen molar-refractivity contribution in [2.45, 2.75) is 26.4 Å². The number of rotatable bonds is 7. The van der Waals surface area contributed by atoms with Crippen LogP contribution in [0.15, 0.2) is 29.3 Å². The van der Waals surface area contributed by atoms with Gasteiger partial charge in [-0.2, -0.15) is 13.2 Å². The van der Waals surface area contributed by atoms with E-state index in [1.54, 1.807) is 11.9 Å². The Balaban J connectivity index is 0.00000529. The third-order valence-corrected chi connectivity index (χ3v) is 3.07. The summed E-state index contributed by atoms with van der Waals surface area (Å²) >= 11 is 0. The van der Waals surface area contributed by atoms with E-state index < -0.39 is 12.6 Å². The van der Waals surface area contributed by atoms with E-state index >= 15 is 0 Å². The number of alkyl halides is 3. The molecule has 1 N–H and O–H groups in total. The average Bonchev–Trinajstić information content (AvgIpc) is 2.47. The molecule has 0 heterocycles. The van der Waals surface area contributed by atoms with Crippen LogP contribution < -0.4 is 10.1 Å². The normalized spacial score (nSPS) is 11.7. The number of likely N-dealkylation sites (N-methyl/N-ethyl adjacent to an activating group) is 1. The summed E-state index contributed by atoms with van der Waals surface area (Å²) < 4.78 is 42.2. The first kappa shape index (κ1) is 22.8. The maximum absolute atomic E-state index is 12.2. The van der Waals surface area contributed by atoms with E-state index in [1.807, 2.05) is 38.1 Å². The van der Waals surface area contributed by atoms with Crippen molar-refractivity contribution in [3.63, 3.8) is 0 Å². The predicted molar refractivity (Wildman–Crippen MR) is 101 cm³/mol. The monoisotopic (exact) mass is 459 g/mol. The zero-order valence-electron chi connectivity index (χ0n) is 14.2. The standard InChI is InChI=1S/C16H24F3N3O.HI/c1-4-20-15(21-10-9-16(17,18)19)22(3)11-12-23-14-7-5-13(2)6-8-14;/h5-8H,4,9-12H2,1-3H3,(H,20,21);1H. The summed E-state index contributed by atoms with van der Waals surface area (Å²) in [7, 11) is 1.77. The third-order valence-electron chi connectivity index (χ3n) is 3.07. The van der Waals surface area contributed by atoms with Gasteiger partial charge in [0.1, 0.15) is 12.4 Å². The minimum atomic E-state index is -4.19. The van der Waals surface area contributed by atoms with Gasteiger partial charge in [0.05, 0.1) is 19.5 Å². The van der Waals surface area contributed by atoms with Crippen LogP contribution >= 0.6 is 24.0 Å². The summed E-state index contributed by atoms with van der Waals surface area (Å²) in [6, 6.07) is 7.69. The highest BCUT2D eigenvalue weighted by atomic mass is 127. The van der Waals surface area contributed by atoms with Crippen molar-refractivity contribution >= 4 is 29.9 Å². The summed E-state index contributed by atoms with van der Waals surface area (Å²) in [6.07, 6.45) is -5.11. The molecular formula is C16H25F3IN3O. The Labute approximate surface area is 158 Å². The lowest BCUT2D eigenvalue weighted by atomic mass is 10.2. The van der Waals surface area contributed by atoms with E-state index in [-0.39, 0.29) is 30.5 Å². The lowest BCUT2D eigenvalue weighted by Gasteiger charge is -2.22. The molecule has 0 aromatic heterocycles. The van der Waals surface area contributed by atoms with Crippen molar-refractivity contribution in [1.29, 1.82) is 0 Å². The van der Waals surface area contributed by atoms with Gasteiger partial charge in [-0.05, 0) is 26.0 Å². The van der Waals surface area contributed by atoms with Gasteiger partial charge in [-0.1, -0.05) is 17.7 Å². The first-order chi connectivity index (χ1) is 10.8. The zero-order chi connectivity index (χ0) is 17.3. The molecule has 0 spiro atoms. The second kappa shape index (κ2) is 11.4. The molecule has 0 bridgehead atoms. The first-order valence-electron chi connectivity index (χ1n) is 7.57. The molecule has 0 aliphatic rings. The molecule has 0 saturated carbocycles. The Bertz CT molecular complexity index is 492. The van der Waals surface area contributed by atoms with Crippen molar-refractivity contribution in [3.05, 3.63) is 29.8 Å². The number of aliphatic imine (C=N–C) groups is 1. The number of nitrogens with zero attached hydrogens (tertiary/aromatic N) is 2. The number of guanidine groups is 1. The van der Waals surface area contributed by atoms with E-state index in [0.717, 1.165) is 11.3 Å². The van der Waals surface area contributed by atoms with Crippen molar-refractivity contribution in [3.8, 4) is 5.75 Å². The van der Waals surface area contributed by atoms with Crippen LogP contribution in [-0.2, 0) is 0 Å². The molecule has 0 aliphatic heterocycles. The molecular weight excluding hydrogens is 434 g/mol. The Morgan fingerprint density at radius 2 is 1.88 bits per heavy atom. The Morgan fingerprint density at radius 3 is 2.42 bits per heavy atom. The SMILES string of the molecule is CCNC(=NCCC(F)(F)F)N(C)CCOc1ccc(C)cc1.I. The summed E-state index contributed by atoms with van der Waals surface area (Å²) in [5.74, 6) is 1.22. The number of halogens is 4. The maximum atomic E-state index is 12.2. The summed E-state index contributed by atoms with van der Waals surface area (Å²) in [5, 5.41) is 2.98. The quantitative estimate of drug-likeness (QED) is 0.383. The van der Waals surface area contributed by atoms with Crippen molar-refractivity contribution in [2.75, 3.05) is 33.3 Å². The lowest BCUT2D eigenvalue weighted by molar-refractivity contribution is -0.132. The smallest absolute Gasteiger partial charge is 0.390 e. The van der Waals surface area contributed by atoms with Crippen molar-refractivity contribution in [1.82, 2.24) is 10.2 Å². The molecule has 0 radical (unpaired) electrons. The predicted octanol–water partition coefficient (Wildman–Crippen LogP) is 3.84. The fourth-order valence-corrected chi connectivity index (χ4v) is 1.80. The van der Waals surface area contributed by atoms with Crippen LogP contribution in [0.3, 0.4) is 0 Å². The van der Waals surface area contributed by atoms with Crippen LogP contribution in [0.4, 0.5) is 13.2 Å². The molecule has 1 aromatic carbocycles. The van der Waals surface area contributed by atoms with Gasteiger partial charge in [-0.3, -0.25) is 4.99 Å². The Kier molecular flexibility index (Phi) is 10.8. The van der Waals surface area contributed by atoms with Gasteiger partial charge in [0.2, 0.25) is 0 Å². The number of benzene rings is 1. The summed E-state index contributed by atoms with van der Waals surface area (Å²) in [4.78, 5) is 5.75. The molecule has 0 unspecified atom stereocenters. The van der Waals surface area contributed by atoms with E-state index in [2.05, 4.69) is 10.3 Å². The molecule has 4 nitrogen and oxygen atoms in total. The highest BCUT2D eigenvalue weighted by Gasteiger charge is 2.26. The molecule has 1 rings (SSSR count). The second-order valence-corrected chi connectivity index (χ2v) is 5.18. The third kappa shape index (κ3) is 9.84. The fraction of sp³-hybridized carbons (Fsp3) is 0.562. The topological polar surface area (TPSA) is 36.9 Å². The van der Waals surface area contributed by atoms with Crippen LogP contribution in [0.25, 0.3) is 0 Å². The first-order valence-corrected chi connectivity index (χ1v) is 7.57. The zero-order valence-corrected chi connectivity index (χ0v) is 16.5. The average molecular weight is 459 g/mol. The van der Waals surface area contributed by atoms with E-state index in [1.165, 1.54) is 0 Å². The molecule has 138 valence electrons. The van der Waals surface area contributed by atoms with Crippen LogP contribution in [0.2, 0.25) is 0 Å². The van der Waals surface area contributed by atoms with E-state index in [0.29, 0.717) is 25.7 Å². The number of hydrogen-bond donors (Lipinski definition) is 1. The lowest BCUT2D eigenvalue weighted by Crippen LogP contribution is -2.41. The maximum Gasteiger partial charge on any atom is 0.390 e. The van der Waals surface area contributed by atoms with Crippen molar-refractivity contribution < 1.29 is 17.9 Å². The molecule has 0 amide bonds. The van der Waals surface area contributed by atoms with Gasteiger partial charge in [0.15, 0.2) is 5.96 Å². The Hall–Kier alpha value is -1.19. The molecule has 0 saturated heterocycles. The summed E-state index contributed by atoms with van der Waals surface area (Å²) in [6.45, 7) is 5.12. The second-order valence-electron chi connectivity index (χ2n) is 5.18. The number of hydrogen-bond acceptors (Lipinski definition) is 2. The highest BCUT2D eigenvalue weighted by molar-refractivity contribution is 14.0. The van der Waals surface area contributed by atoms with Gasteiger partial charge >= 0.3 is 6.18 Å². The molecule has 24 heavy (non-hydrogen) atoms. The van der Waals surface area contributed by atoms with Gasteiger partial charge in [-0.15, -0.1) is 24.0 Å². The highest BCUT2D eigenvalue weighted by Crippen LogP contribution is 2.19. The van der Waals surface area contributed by atoms with Crippen LogP contribution in [-0.4, -0.2) is 50.3 Å². The molecule has 1 aromatic rings. The fourth-order valence-electron chi connectivity index (χ4n) is 1.80. The minimum Gasteiger partial charge on any atom is -0.492 e. The van der Waals surface area contributed by atoms with E-state index in [4.69, 9.17) is 4.74 Å². The van der Waals surface area contributed by atoms with Crippen molar-refractivity contribution in [2.24, 2.45) is 4.99 Å². The number of nitrogens with one attached hydrogen (secondary N) is 1. The summed E-state index contributed by atoms with van der Waals surface area (Å²) in [5.41, 5.74) is 1.15. The number of aryl methyl sites for hydroxylation is 1. The Morgan fingerprint density at radius 1 is 1.25 bits per heavy atom. The molecule has 0 aliphatic carbocycles. The largest absolute Gasteiger partial charge is 0.492 e. The van der Waals surface area contributed by atoms with E-state index in [9.17, 15) is 13.2 Å². The van der Waals surface area contributed by atoms with Gasteiger partial charge in [-0.25, -0.2) is 0 Å².